The number of hydrogen-bond donors (Lipinski definition) is 0. The third-order valence-corrected chi connectivity index (χ3v) is 11.0. The second-order valence-electron chi connectivity index (χ2n) is 16.7. The van der Waals surface area contributed by atoms with Gasteiger partial charge in [0.15, 0.2) is 6.10 Å². The summed E-state index contributed by atoms with van der Waals surface area (Å²) < 4.78 is 16.7. The minimum Gasteiger partial charge on any atom is -0.462 e. The quantitative estimate of drug-likeness (QED) is 0.0264. The Morgan fingerprint density at radius 3 is 1.00 bits per heavy atom. The number of allylic oxidation sites excluding steroid dienone is 4. The molecule has 6 heteroatoms. The van der Waals surface area contributed by atoms with Gasteiger partial charge in [0.1, 0.15) is 13.2 Å². The van der Waals surface area contributed by atoms with Crippen molar-refractivity contribution in [3.05, 3.63) is 24.3 Å². The topological polar surface area (TPSA) is 78.9 Å². The molecule has 0 heterocycles. The van der Waals surface area contributed by atoms with Crippen LogP contribution in [0.2, 0.25) is 0 Å². The fourth-order valence-electron chi connectivity index (χ4n) is 7.18. The van der Waals surface area contributed by atoms with Crippen LogP contribution in [0.4, 0.5) is 0 Å². The Kier molecular flexibility index (Phi) is 44.9. The van der Waals surface area contributed by atoms with Crippen LogP contribution >= 0.6 is 0 Å². The predicted molar refractivity (Wildman–Crippen MR) is 243 cm³/mol. The van der Waals surface area contributed by atoms with Crippen LogP contribution in [0.1, 0.15) is 265 Å². The maximum absolute atomic E-state index is 12.7. The van der Waals surface area contributed by atoms with Crippen molar-refractivity contribution >= 4 is 17.9 Å². The maximum atomic E-state index is 12.7. The van der Waals surface area contributed by atoms with Gasteiger partial charge in [0.05, 0.1) is 0 Å². The molecule has 0 spiro atoms. The van der Waals surface area contributed by atoms with Gasteiger partial charge in [-0.1, -0.05) is 218 Å². The van der Waals surface area contributed by atoms with Gasteiger partial charge in [-0.15, -0.1) is 0 Å². The fraction of sp³-hybridized carbons (Fsp3) is 0.863. The summed E-state index contributed by atoms with van der Waals surface area (Å²) in [6.07, 6.45) is 51.5. The van der Waals surface area contributed by atoms with Crippen LogP contribution in [0.3, 0.4) is 0 Å². The van der Waals surface area contributed by atoms with Crippen molar-refractivity contribution in [3.63, 3.8) is 0 Å². The molecule has 0 aliphatic heterocycles. The minimum absolute atomic E-state index is 0.0693. The smallest absolute Gasteiger partial charge is 0.306 e. The molecule has 1 unspecified atom stereocenters. The van der Waals surface area contributed by atoms with Gasteiger partial charge in [0, 0.05) is 19.3 Å². The van der Waals surface area contributed by atoms with Gasteiger partial charge in [0.2, 0.25) is 0 Å². The summed E-state index contributed by atoms with van der Waals surface area (Å²) in [6, 6.07) is 0. The van der Waals surface area contributed by atoms with Crippen molar-refractivity contribution in [2.75, 3.05) is 13.2 Å². The Morgan fingerprint density at radius 2 is 0.632 bits per heavy atom. The normalized spacial score (nSPS) is 12.1. The average molecular weight is 803 g/mol. The number of ether oxygens (including phenoxy) is 3. The number of rotatable bonds is 45. The molecule has 0 aliphatic rings. The molecule has 0 saturated heterocycles. The highest BCUT2D eigenvalue weighted by atomic mass is 16.6. The number of carbonyl (C=O) groups is 3. The van der Waals surface area contributed by atoms with Crippen molar-refractivity contribution in [2.24, 2.45) is 0 Å². The monoisotopic (exact) mass is 803 g/mol. The predicted octanol–water partition coefficient (Wildman–Crippen LogP) is 16.0. The molecule has 0 N–H and O–H groups in total. The first kappa shape index (κ1) is 54.9. The lowest BCUT2D eigenvalue weighted by molar-refractivity contribution is -0.167. The molecule has 57 heavy (non-hydrogen) atoms. The maximum Gasteiger partial charge on any atom is 0.306 e. The highest BCUT2D eigenvalue weighted by Crippen LogP contribution is 2.15. The molecular weight excluding hydrogens is 709 g/mol. The van der Waals surface area contributed by atoms with E-state index in [2.05, 4.69) is 45.1 Å². The van der Waals surface area contributed by atoms with E-state index in [1.165, 1.54) is 154 Å². The molecule has 6 nitrogen and oxygen atoms in total. The van der Waals surface area contributed by atoms with Crippen molar-refractivity contribution in [3.8, 4) is 0 Å². The molecule has 0 saturated carbocycles. The van der Waals surface area contributed by atoms with Crippen molar-refractivity contribution in [2.45, 2.75) is 271 Å². The van der Waals surface area contributed by atoms with Crippen LogP contribution in [-0.4, -0.2) is 37.2 Å². The van der Waals surface area contributed by atoms with Gasteiger partial charge in [-0.25, -0.2) is 0 Å². The second-order valence-corrected chi connectivity index (χ2v) is 16.7. The van der Waals surface area contributed by atoms with E-state index < -0.39 is 6.10 Å². The van der Waals surface area contributed by atoms with Crippen molar-refractivity contribution in [1.29, 1.82) is 0 Å². The van der Waals surface area contributed by atoms with E-state index in [9.17, 15) is 14.4 Å². The van der Waals surface area contributed by atoms with E-state index in [-0.39, 0.29) is 31.1 Å². The molecule has 0 aromatic rings. The first-order valence-corrected chi connectivity index (χ1v) is 24.8. The third kappa shape index (κ3) is 44.8. The zero-order valence-electron chi connectivity index (χ0n) is 38.1. The van der Waals surface area contributed by atoms with Crippen molar-refractivity contribution < 1.29 is 28.6 Å². The van der Waals surface area contributed by atoms with Gasteiger partial charge in [0.25, 0.3) is 0 Å². The summed E-state index contributed by atoms with van der Waals surface area (Å²) in [7, 11) is 0. The van der Waals surface area contributed by atoms with Crippen LogP contribution < -0.4 is 0 Å². The van der Waals surface area contributed by atoms with Crippen LogP contribution in [0.25, 0.3) is 0 Å². The second kappa shape index (κ2) is 46.6. The Hall–Kier alpha value is -2.11. The summed E-state index contributed by atoms with van der Waals surface area (Å²) in [5.41, 5.74) is 0. The zero-order valence-corrected chi connectivity index (χ0v) is 38.1. The molecule has 334 valence electrons. The molecule has 0 amide bonds. The average Bonchev–Trinajstić information content (AvgIpc) is 3.21. The van der Waals surface area contributed by atoms with E-state index in [0.29, 0.717) is 19.3 Å². The molecule has 0 rings (SSSR count). The highest BCUT2D eigenvalue weighted by molar-refractivity contribution is 5.71. The zero-order chi connectivity index (χ0) is 41.5. The van der Waals surface area contributed by atoms with Gasteiger partial charge >= 0.3 is 17.9 Å². The molecule has 0 aromatic heterocycles. The highest BCUT2D eigenvalue weighted by Gasteiger charge is 2.19. The van der Waals surface area contributed by atoms with Crippen LogP contribution in [0, 0.1) is 0 Å². The van der Waals surface area contributed by atoms with Crippen molar-refractivity contribution in [1.82, 2.24) is 0 Å². The Bertz CT molecular complexity index is 927. The number of esters is 3. The largest absolute Gasteiger partial charge is 0.462 e. The minimum atomic E-state index is -0.766. The van der Waals surface area contributed by atoms with Gasteiger partial charge in [-0.05, 0) is 51.4 Å². The Balaban J connectivity index is 4.31. The summed E-state index contributed by atoms with van der Waals surface area (Å²) in [6.45, 7) is 6.61. The van der Waals surface area contributed by atoms with Gasteiger partial charge < -0.3 is 14.2 Å². The Labute approximate surface area is 353 Å². The lowest BCUT2D eigenvalue weighted by Gasteiger charge is -2.18. The first-order chi connectivity index (χ1) is 28.0. The van der Waals surface area contributed by atoms with Crippen LogP contribution in [0.15, 0.2) is 24.3 Å². The molecule has 1 atom stereocenters. The number of unbranched alkanes of at least 4 members (excludes halogenated alkanes) is 30. The van der Waals surface area contributed by atoms with E-state index >= 15 is 0 Å². The Morgan fingerprint density at radius 1 is 0.351 bits per heavy atom. The standard InChI is InChI=1S/C51H94O6/c1-4-7-10-13-16-19-22-23-24-25-26-27-30-32-35-38-41-44-50(53)56-47-48(57-51(54)45-42-39-36-33-29-21-18-15-12-9-6-3)46-55-49(52)43-40-37-34-31-28-20-17-14-11-8-5-2/h16,19,23-24,48H,4-15,17-18,20-22,25-47H2,1-3H3/b19-16-,24-23-. The molecule has 0 radical (unpaired) electrons. The van der Waals surface area contributed by atoms with E-state index in [4.69, 9.17) is 14.2 Å². The molecule has 0 fully saturated rings. The lowest BCUT2D eigenvalue weighted by Crippen LogP contribution is -2.30. The third-order valence-electron chi connectivity index (χ3n) is 11.0. The summed E-state index contributed by atoms with van der Waals surface area (Å²) >= 11 is 0. The molecule has 0 bridgehead atoms. The SMILES string of the molecule is CCCCC/C=C\C/C=C\CCCCCCCCCC(=O)OCC(COC(=O)CCCCCCCCCCCCC)OC(=O)CCCCCCCCCCCCC. The van der Waals surface area contributed by atoms with Crippen LogP contribution in [-0.2, 0) is 28.6 Å². The first-order valence-electron chi connectivity index (χ1n) is 24.8. The molecular formula is C51H94O6. The molecule has 0 aromatic carbocycles. The summed E-state index contributed by atoms with van der Waals surface area (Å²) in [4.78, 5) is 37.8. The van der Waals surface area contributed by atoms with Gasteiger partial charge in [-0.3, -0.25) is 14.4 Å². The van der Waals surface area contributed by atoms with E-state index in [1.807, 2.05) is 0 Å². The summed E-state index contributed by atoms with van der Waals surface area (Å²) in [5, 5.41) is 0. The molecule has 0 aliphatic carbocycles. The lowest BCUT2D eigenvalue weighted by atomic mass is 10.1. The van der Waals surface area contributed by atoms with Gasteiger partial charge in [-0.2, -0.15) is 0 Å². The number of hydrogen-bond acceptors (Lipinski definition) is 6. The fourth-order valence-corrected chi connectivity index (χ4v) is 7.18. The van der Waals surface area contributed by atoms with E-state index in [1.54, 1.807) is 0 Å². The van der Waals surface area contributed by atoms with E-state index in [0.717, 1.165) is 70.6 Å². The van der Waals surface area contributed by atoms with Crippen LogP contribution in [0.5, 0.6) is 0 Å². The summed E-state index contributed by atoms with van der Waals surface area (Å²) in [5.74, 6) is -0.868. The number of carbonyl (C=O) groups excluding carboxylic acids is 3.